The van der Waals surface area contributed by atoms with Crippen molar-refractivity contribution in [1.29, 1.82) is 0 Å². The Morgan fingerprint density at radius 3 is 2.45 bits per heavy atom. The van der Waals surface area contributed by atoms with E-state index in [0.29, 0.717) is 5.69 Å². The van der Waals surface area contributed by atoms with Crippen LogP contribution in [0.1, 0.15) is 23.2 Å². The Hall–Kier alpha value is -2.31. The molecule has 2 rings (SSSR count). The Balaban J connectivity index is 2.55. The molecular formula is C13H16N2O5. The average Bonchev–Trinajstić information content (AvgIpc) is 2.98. The summed E-state index contributed by atoms with van der Waals surface area (Å²) in [5.74, 6) is -0.373. The first kappa shape index (κ1) is 14.1. The van der Waals surface area contributed by atoms with Gasteiger partial charge in [0, 0.05) is 25.2 Å². The Morgan fingerprint density at radius 2 is 1.95 bits per heavy atom. The van der Waals surface area contributed by atoms with Crippen molar-refractivity contribution in [1.82, 2.24) is 0 Å². The molecule has 0 N–H and O–H groups in total. The van der Waals surface area contributed by atoms with E-state index in [0.717, 1.165) is 25.9 Å². The molecule has 7 nitrogen and oxygen atoms in total. The molecule has 0 bridgehead atoms. The fourth-order valence-corrected chi connectivity index (χ4v) is 2.35. The molecule has 0 aliphatic carbocycles. The normalized spacial score (nSPS) is 14.2. The minimum Gasteiger partial charge on any atom is -0.496 e. The summed E-state index contributed by atoms with van der Waals surface area (Å²) in [6.07, 6.45) is 2.00. The first-order chi connectivity index (χ1) is 9.58. The van der Waals surface area contributed by atoms with Gasteiger partial charge in [0.2, 0.25) is 0 Å². The smallest absolute Gasteiger partial charge is 0.341 e. The summed E-state index contributed by atoms with van der Waals surface area (Å²) in [6.45, 7) is 1.53. The molecule has 0 atom stereocenters. The van der Waals surface area contributed by atoms with Crippen LogP contribution < -0.4 is 9.64 Å². The van der Waals surface area contributed by atoms with E-state index >= 15 is 0 Å². The molecule has 1 aliphatic rings. The van der Waals surface area contributed by atoms with E-state index < -0.39 is 10.9 Å². The molecule has 0 radical (unpaired) electrons. The van der Waals surface area contributed by atoms with Gasteiger partial charge < -0.3 is 14.4 Å². The molecular weight excluding hydrogens is 264 g/mol. The second kappa shape index (κ2) is 5.77. The summed E-state index contributed by atoms with van der Waals surface area (Å²) < 4.78 is 9.78. The van der Waals surface area contributed by atoms with Crippen molar-refractivity contribution in [2.24, 2.45) is 0 Å². The van der Waals surface area contributed by atoms with Gasteiger partial charge >= 0.3 is 5.97 Å². The lowest BCUT2D eigenvalue weighted by Crippen LogP contribution is -2.19. The maximum atomic E-state index is 11.7. The first-order valence-corrected chi connectivity index (χ1v) is 6.28. The van der Waals surface area contributed by atoms with Gasteiger partial charge in [-0.05, 0) is 12.8 Å². The topological polar surface area (TPSA) is 81.9 Å². The van der Waals surface area contributed by atoms with E-state index in [1.54, 1.807) is 0 Å². The monoisotopic (exact) mass is 280 g/mol. The molecule has 7 heteroatoms. The maximum Gasteiger partial charge on any atom is 0.341 e. The van der Waals surface area contributed by atoms with Crippen molar-refractivity contribution in [3.8, 4) is 5.75 Å². The summed E-state index contributed by atoms with van der Waals surface area (Å²) >= 11 is 0. The van der Waals surface area contributed by atoms with Crippen molar-refractivity contribution in [2.45, 2.75) is 12.8 Å². The minimum absolute atomic E-state index is 0.0599. The van der Waals surface area contributed by atoms with Crippen molar-refractivity contribution in [3.63, 3.8) is 0 Å². The van der Waals surface area contributed by atoms with Crippen LogP contribution in [-0.2, 0) is 4.74 Å². The number of hydrogen-bond acceptors (Lipinski definition) is 6. The van der Waals surface area contributed by atoms with Crippen molar-refractivity contribution in [3.05, 3.63) is 27.8 Å². The predicted molar refractivity (Wildman–Crippen MR) is 72.4 cm³/mol. The second-order valence-corrected chi connectivity index (χ2v) is 4.48. The lowest BCUT2D eigenvalue weighted by atomic mass is 10.1. The molecule has 1 aromatic rings. The molecule has 0 aromatic heterocycles. The molecule has 1 aromatic carbocycles. The van der Waals surface area contributed by atoms with Gasteiger partial charge in [-0.15, -0.1) is 0 Å². The number of ether oxygens (including phenoxy) is 2. The van der Waals surface area contributed by atoms with E-state index in [-0.39, 0.29) is 17.0 Å². The van der Waals surface area contributed by atoms with Gasteiger partial charge in [0.05, 0.1) is 19.1 Å². The van der Waals surface area contributed by atoms with Crippen LogP contribution in [0.3, 0.4) is 0 Å². The predicted octanol–water partition coefficient (Wildman–Crippen LogP) is 1.99. The number of hydrogen-bond donors (Lipinski definition) is 0. The SMILES string of the molecule is COC(=O)c1cc([N+](=O)[O-])c(N2CCCC2)cc1OC. The number of rotatable bonds is 4. The van der Waals surface area contributed by atoms with E-state index in [2.05, 4.69) is 4.74 Å². The number of nitro benzene ring substituents is 1. The molecule has 0 amide bonds. The molecule has 1 fully saturated rings. The van der Waals surface area contributed by atoms with Crippen LogP contribution in [0.2, 0.25) is 0 Å². The summed E-state index contributed by atoms with van der Waals surface area (Å²) in [5, 5.41) is 11.2. The highest BCUT2D eigenvalue weighted by Gasteiger charge is 2.27. The quantitative estimate of drug-likeness (QED) is 0.476. The van der Waals surface area contributed by atoms with Crippen LogP contribution in [0.15, 0.2) is 12.1 Å². The Bertz CT molecular complexity index is 538. The van der Waals surface area contributed by atoms with Crippen LogP contribution in [0.5, 0.6) is 5.75 Å². The molecule has 20 heavy (non-hydrogen) atoms. The largest absolute Gasteiger partial charge is 0.496 e. The minimum atomic E-state index is -0.655. The summed E-state index contributed by atoms with van der Waals surface area (Å²) in [6, 6.07) is 2.76. The summed E-state index contributed by atoms with van der Waals surface area (Å²) in [4.78, 5) is 24.3. The third-order valence-corrected chi connectivity index (χ3v) is 3.35. The standard InChI is InChI=1S/C13H16N2O5/c1-19-12-8-10(14-5-3-4-6-14)11(15(17)18)7-9(12)13(16)20-2/h7-8H,3-6H2,1-2H3. The zero-order chi connectivity index (χ0) is 14.7. The number of carbonyl (C=O) groups excluding carboxylic acids is 1. The zero-order valence-electron chi connectivity index (χ0n) is 11.4. The molecule has 1 saturated heterocycles. The average molecular weight is 280 g/mol. The summed E-state index contributed by atoms with van der Waals surface area (Å²) in [5.41, 5.74) is 0.440. The number of nitro groups is 1. The number of nitrogens with zero attached hydrogens (tertiary/aromatic N) is 2. The fourth-order valence-electron chi connectivity index (χ4n) is 2.35. The Kier molecular flexibility index (Phi) is 4.07. The second-order valence-electron chi connectivity index (χ2n) is 4.48. The number of anilines is 1. The molecule has 0 saturated carbocycles. The van der Waals surface area contributed by atoms with Crippen molar-refractivity contribution < 1.29 is 19.2 Å². The Morgan fingerprint density at radius 1 is 1.30 bits per heavy atom. The van der Waals surface area contributed by atoms with Crippen molar-refractivity contribution >= 4 is 17.3 Å². The lowest BCUT2D eigenvalue weighted by molar-refractivity contribution is -0.384. The van der Waals surface area contributed by atoms with Gasteiger partial charge in [-0.1, -0.05) is 0 Å². The Labute approximate surface area is 116 Å². The van der Waals surface area contributed by atoms with Gasteiger partial charge in [-0.25, -0.2) is 4.79 Å². The fraction of sp³-hybridized carbons (Fsp3) is 0.462. The van der Waals surface area contributed by atoms with Crippen LogP contribution in [0.4, 0.5) is 11.4 Å². The zero-order valence-corrected chi connectivity index (χ0v) is 11.4. The van der Waals surface area contributed by atoms with E-state index in [4.69, 9.17) is 4.74 Å². The number of methoxy groups -OCH3 is 2. The number of carbonyl (C=O) groups is 1. The van der Waals surface area contributed by atoms with Gasteiger partial charge in [-0.3, -0.25) is 10.1 Å². The van der Waals surface area contributed by atoms with E-state index in [9.17, 15) is 14.9 Å². The van der Waals surface area contributed by atoms with Crippen LogP contribution >= 0.6 is 0 Å². The molecule has 1 heterocycles. The third kappa shape index (κ3) is 2.52. The van der Waals surface area contributed by atoms with Crippen LogP contribution in [0.25, 0.3) is 0 Å². The van der Waals surface area contributed by atoms with Crippen LogP contribution in [-0.4, -0.2) is 38.2 Å². The van der Waals surface area contributed by atoms with Crippen LogP contribution in [0, 0.1) is 10.1 Å². The highest BCUT2D eigenvalue weighted by Crippen LogP contribution is 2.37. The first-order valence-electron chi connectivity index (χ1n) is 6.28. The number of esters is 1. The van der Waals surface area contributed by atoms with E-state index in [1.807, 2.05) is 4.90 Å². The highest BCUT2D eigenvalue weighted by molar-refractivity contribution is 5.95. The van der Waals surface area contributed by atoms with Gasteiger partial charge in [-0.2, -0.15) is 0 Å². The number of benzene rings is 1. The molecule has 0 spiro atoms. The van der Waals surface area contributed by atoms with Gasteiger partial charge in [0.1, 0.15) is 17.0 Å². The highest BCUT2D eigenvalue weighted by atomic mass is 16.6. The maximum absolute atomic E-state index is 11.7. The molecule has 0 unspecified atom stereocenters. The molecule has 1 aliphatic heterocycles. The summed E-state index contributed by atoms with van der Waals surface area (Å²) in [7, 11) is 2.64. The van der Waals surface area contributed by atoms with Gasteiger partial charge in [0.15, 0.2) is 0 Å². The van der Waals surface area contributed by atoms with Crippen molar-refractivity contribution in [2.75, 3.05) is 32.2 Å². The molecule has 108 valence electrons. The van der Waals surface area contributed by atoms with E-state index in [1.165, 1.54) is 26.4 Å². The third-order valence-electron chi connectivity index (χ3n) is 3.35. The lowest BCUT2D eigenvalue weighted by Gasteiger charge is -2.19. The van der Waals surface area contributed by atoms with Gasteiger partial charge in [0.25, 0.3) is 5.69 Å².